The van der Waals surface area contributed by atoms with Crippen molar-refractivity contribution < 1.29 is 80.2 Å². The fourth-order valence-electron chi connectivity index (χ4n) is 12.3. The van der Waals surface area contributed by atoms with Crippen LogP contribution in [0.4, 0.5) is 0 Å². The molecule has 0 fully saturated rings. The van der Waals surface area contributed by atoms with Crippen molar-refractivity contribution in [2.75, 3.05) is 39.6 Å². The average molecular weight is 1450 g/mol. The molecule has 0 aliphatic carbocycles. The molecule has 0 radical (unpaired) electrons. The maximum atomic E-state index is 13.1. The van der Waals surface area contributed by atoms with Gasteiger partial charge in [0, 0.05) is 25.7 Å². The van der Waals surface area contributed by atoms with Crippen LogP contribution < -0.4 is 0 Å². The zero-order valence-electron chi connectivity index (χ0n) is 65.0. The first-order chi connectivity index (χ1) is 47.7. The van der Waals surface area contributed by atoms with E-state index in [0.29, 0.717) is 25.7 Å². The van der Waals surface area contributed by atoms with Crippen LogP contribution in [0.25, 0.3) is 0 Å². The second-order valence-corrected chi connectivity index (χ2v) is 33.1. The molecule has 99 heavy (non-hydrogen) atoms. The zero-order chi connectivity index (χ0) is 73.0. The van der Waals surface area contributed by atoms with Gasteiger partial charge in [-0.1, -0.05) is 363 Å². The predicted molar refractivity (Wildman–Crippen MR) is 405 cm³/mol. The third-order valence-electron chi connectivity index (χ3n) is 18.6. The van der Waals surface area contributed by atoms with Gasteiger partial charge in [-0.05, 0) is 43.4 Å². The van der Waals surface area contributed by atoms with Crippen molar-refractivity contribution in [3.8, 4) is 0 Å². The first kappa shape index (κ1) is 97.1. The third kappa shape index (κ3) is 74.1. The van der Waals surface area contributed by atoms with Crippen LogP contribution in [-0.2, 0) is 65.4 Å². The Labute approximate surface area is 607 Å². The smallest absolute Gasteiger partial charge is 0.462 e. The van der Waals surface area contributed by atoms with E-state index in [9.17, 15) is 43.2 Å². The Bertz CT molecular complexity index is 1920. The molecular weight excluding hydrogens is 1290 g/mol. The summed E-state index contributed by atoms with van der Waals surface area (Å²) in [5.41, 5.74) is 0. The third-order valence-corrected chi connectivity index (χ3v) is 20.5. The second kappa shape index (κ2) is 70.4. The van der Waals surface area contributed by atoms with E-state index in [1.54, 1.807) is 0 Å². The Balaban J connectivity index is 5.26. The zero-order valence-corrected chi connectivity index (χ0v) is 66.8. The average Bonchev–Trinajstić information content (AvgIpc) is 1.02. The number of phosphoric acid groups is 2. The Hall–Kier alpha value is -1.94. The van der Waals surface area contributed by atoms with E-state index in [2.05, 4.69) is 48.5 Å². The first-order valence-electron chi connectivity index (χ1n) is 41.3. The van der Waals surface area contributed by atoms with Crippen molar-refractivity contribution in [1.82, 2.24) is 0 Å². The summed E-state index contributed by atoms with van der Waals surface area (Å²) in [7, 11) is -9.92. The van der Waals surface area contributed by atoms with E-state index in [1.807, 2.05) is 0 Å². The van der Waals surface area contributed by atoms with E-state index < -0.39 is 97.5 Å². The summed E-state index contributed by atoms with van der Waals surface area (Å²) >= 11 is 0. The van der Waals surface area contributed by atoms with Gasteiger partial charge in [0.1, 0.15) is 19.3 Å². The van der Waals surface area contributed by atoms with Gasteiger partial charge in [-0.25, -0.2) is 9.13 Å². The fraction of sp³-hybridized carbons (Fsp3) is 0.950. The summed E-state index contributed by atoms with van der Waals surface area (Å²) in [5, 5.41) is 10.6. The highest BCUT2D eigenvalue weighted by atomic mass is 31.2. The molecule has 2 unspecified atom stereocenters. The van der Waals surface area contributed by atoms with Crippen molar-refractivity contribution in [3.05, 3.63) is 0 Å². The molecular formula is C80H156O17P2. The van der Waals surface area contributed by atoms with Crippen molar-refractivity contribution in [3.63, 3.8) is 0 Å². The van der Waals surface area contributed by atoms with Gasteiger partial charge in [-0.3, -0.25) is 37.3 Å². The van der Waals surface area contributed by atoms with Crippen LogP contribution in [0.1, 0.15) is 414 Å². The molecule has 5 atom stereocenters. The van der Waals surface area contributed by atoms with Gasteiger partial charge in [-0.15, -0.1) is 0 Å². The van der Waals surface area contributed by atoms with Gasteiger partial charge in [0.15, 0.2) is 12.2 Å². The first-order valence-corrected chi connectivity index (χ1v) is 44.3. The summed E-state index contributed by atoms with van der Waals surface area (Å²) in [6.07, 6.45) is 58.3. The quantitative estimate of drug-likeness (QED) is 0.0222. The largest absolute Gasteiger partial charge is 0.472 e. The number of aliphatic hydroxyl groups excluding tert-OH is 1. The van der Waals surface area contributed by atoms with Crippen molar-refractivity contribution in [2.24, 2.45) is 17.8 Å². The molecule has 0 aliphatic rings. The maximum absolute atomic E-state index is 13.1. The van der Waals surface area contributed by atoms with Crippen LogP contribution in [0, 0.1) is 17.8 Å². The normalized spacial score (nSPS) is 14.0. The topological polar surface area (TPSA) is 237 Å². The number of rotatable bonds is 78. The number of carbonyl (C=O) groups excluding carboxylic acids is 4. The molecule has 0 aliphatic heterocycles. The maximum Gasteiger partial charge on any atom is 0.472 e. The predicted octanol–water partition coefficient (Wildman–Crippen LogP) is 23.7. The lowest BCUT2D eigenvalue weighted by molar-refractivity contribution is -0.161. The van der Waals surface area contributed by atoms with Crippen LogP contribution >= 0.6 is 15.6 Å². The van der Waals surface area contributed by atoms with Gasteiger partial charge in [0.05, 0.1) is 26.4 Å². The van der Waals surface area contributed by atoms with Crippen molar-refractivity contribution in [2.45, 2.75) is 433 Å². The highest BCUT2D eigenvalue weighted by Gasteiger charge is 2.30. The monoisotopic (exact) mass is 1450 g/mol. The van der Waals surface area contributed by atoms with E-state index in [-0.39, 0.29) is 25.7 Å². The SMILES string of the molecule is CCCCCCCCCCCCCCCCCCCC(=O)OC[C@H](COP(=O)(O)OC[C@@H](O)COP(=O)(O)OC[C@@H](COC(=O)CCCCCCCCCCC(C)C)OC(=O)CCCCCCCCCCCCCC(C)C)OC(=O)CCCCCCCCCCCCCCCCC(C)C. The van der Waals surface area contributed by atoms with Crippen molar-refractivity contribution >= 4 is 39.5 Å². The molecule has 588 valence electrons. The van der Waals surface area contributed by atoms with Gasteiger partial charge in [-0.2, -0.15) is 0 Å². The fourth-order valence-corrected chi connectivity index (χ4v) is 13.9. The lowest BCUT2D eigenvalue weighted by Crippen LogP contribution is -2.30. The highest BCUT2D eigenvalue weighted by Crippen LogP contribution is 2.45. The van der Waals surface area contributed by atoms with E-state index >= 15 is 0 Å². The van der Waals surface area contributed by atoms with Crippen LogP contribution in [0.15, 0.2) is 0 Å². The number of carbonyl (C=O) groups is 4. The number of hydrogen-bond donors (Lipinski definition) is 3. The summed E-state index contributed by atoms with van der Waals surface area (Å²) in [6, 6.07) is 0. The molecule has 0 bridgehead atoms. The van der Waals surface area contributed by atoms with Gasteiger partial charge >= 0.3 is 39.5 Å². The Morgan fingerprint density at radius 1 is 0.273 bits per heavy atom. The van der Waals surface area contributed by atoms with Crippen LogP contribution in [-0.4, -0.2) is 96.7 Å². The van der Waals surface area contributed by atoms with Gasteiger partial charge < -0.3 is 33.8 Å². The number of esters is 4. The Morgan fingerprint density at radius 3 is 0.687 bits per heavy atom. The van der Waals surface area contributed by atoms with E-state index in [1.165, 1.54) is 225 Å². The lowest BCUT2D eigenvalue weighted by atomic mass is 10.0. The summed E-state index contributed by atoms with van der Waals surface area (Å²) in [6.45, 7) is 11.9. The molecule has 0 aromatic carbocycles. The van der Waals surface area contributed by atoms with E-state index in [0.717, 1.165) is 108 Å². The van der Waals surface area contributed by atoms with Crippen LogP contribution in [0.3, 0.4) is 0 Å². The number of unbranched alkanes of at least 4 members (excludes halogenated alkanes) is 46. The molecule has 0 rings (SSSR count). The van der Waals surface area contributed by atoms with Gasteiger partial charge in [0.2, 0.25) is 0 Å². The highest BCUT2D eigenvalue weighted by molar-refractivity contribution is 7.47. The molecule has 0 aromatic heterocycles. The van der Waals surface area contributed by atoms with Crippen LogP contribution in [0.2, 0.25) is 0 Å². The minimum absolute atomic E-state index is 0.106. The number of aliphatic hydroxyl groups is 1. The molecule has 17 nitrogen and oxygen atoms in total. The van der Waals surface area contributed by atoms with E-state index in [4.69, 9.17) is 37.0 Å². The minimum Gasteiger partial charge on any atom is -0.462 e. The number of phosphoric ester groups is 2. The Morgan fingerprint density at radius 2 is 0.465 bits per heavy atom. The van der Waals surface area contributed by atoms with Crippen LogP contribution in [0.5, 0.6) is 0 Å². The lowest BCUT2D eigenvalue weighted by Gasteiger charge is -2.21. The minimum atomic E-state index is -4.96. The standard InChI is InChI=1S/C80H156O17P2/c1-8-9-10-11-12-13-14-15-16-17-18-22-27-32-40-47-54-61-77(82)90-67-75(96-79(84)63-56-49-42-33-28-23-20-19-21-25-30-37-44-51-58-71(2)3)69-94-98(86,87)92-65-74(81)66-93-99(88,89)95-70-76(68-91-78(83)62-55-48-41-36-35-39-46-53-60-73(6)7)97-80(85)64-57-50-43-34-29-24-26-31-38-45-52-59-72(4)5/h71-76,81H,8-70H2,1-7H3,(H,86,87)(H,88,89)/t74-,75-,76-/m1/s1. The molecule has 0 amide bonds. The molecule has 0 saturated carbocycles. The molecule has 0 spiro atoms. The molecule has 3 N–H and O–H groups in total. The molecule has 0 saturated heterocycles. The number of hydrogen-bond acceptors (Lipinski definition) is 15. The molecule has 0 aromatic rings. The molecule has 0 heterocycles. The van der Waals surface area contributed by atoms with Crippen molar-refractivity contribution in [1.29, 1.82) is 0 Å². The summed E-state index contributed by atoms with van der Waals surface area (Å²) < 4.78 is 68.7. The second-order valence-electron chi connectivity index (χ2n) is 30.2. The summed E-state index contributed by atoms with van der Waals surface area (Å²) in [5.74, 6) is 0.175. The number of ether oxygens (including phenoxy) is 4. The Kier molecular flexibility index (Phi) is 69.0. The summed E-state index contributed by atoms with van der Waals surface area (Å²) in [4.78, 5) is 73.0. The molecule has 19 heteroatoms. The van der Waals surface area contributed by atoms with Gasteiger partial charge in [0.25, 0.3) is 0 Å².